The van der Waals surface area contributed by atoms with E-state index < -0.39 is 0 Å². The molecule has 2 N–H and O–H groups in total. The molecule has 0 aliphatic rings. The van der Waals surface area contributed by atoms with Crippen molar-refractivity contribution in [1.82, 2.24) is 15.5 Å². The van der Waals surface area contributed by atoms with E-state index in [4.69, 9.17) is 0 Å². The van der Waals surface area contributed by atoms with Crippen LogP contribution in [0.25, 0.3) is 11.3 Å². The average molecular weight is 243 g/mol. The monoisotopic (exact) mass is 243 g/mol. The number of rotatable bonds is 4. The number of benzene rings is 1. The maximum Gasteiger partial charge on any atom is 0.0695 e. The third-order valence-corrected chi connectivity index (χ3v) is 2.75. The van der Waals surface area contributed by atoms with Crippen LogP contribution in [0.15, 0.2) is 36.5 Å². The molecule has 0 amide bonds. The first-order chi connectivity index (χ1) is 8.56. The molecule has 3 nitrogen and oxygen atoms in total. The van der Waals surface area contributed by atoms with E-state index in [0.717, 1.165) is 18.8 Å². The molecule has 18 heavy (non-hydrogen) atoms. The minimum atomic E-state index is 0.302. The Labute approximate surface area is 109 Å². The smallest absolute Gasteiger partial charge is 0.0695 e. The minimum absolute atomic E-state index is 0.302. The summed E-state index contributed by atoms with van der Waals surface area (Å²) in [6.07, 6.45) is 1.90. The van der Waals surface area contributed by atoms with Gasteiger partial charge in [-0.25, -0.2) is 0 Å². The fraction of sp³-hybridized carbons (Fsp3) is 0.400. The number of nitrogens with zero attached hydrogens (tertiary/aromatic N) is 1. The van der Waals surface area contributed by atoms with E-state index in [1.165, 1.54) is 11.1 Å². The molecule has 0 radical (unpaired) electrons. The van der Waals surface area contributed by atoms with Gasteiger partial charge in [-0.2, -0.15) is 5.10 Å². The highest BCUT2D eigenvalue weighted by Gasteiger charge is 2.11. The zero-order valence-corrected chi connectivity index (χ0v) is 11.3. The van der Waals surface area contributed by atoms with E-state index in [2.05, 4.69) is 48.4 Å². The molecule has 0 aliphatic heterocycles. The van der Waals surface area contributed by atoms with Crippen molar-refractivity contribution in [2.24, 2.45) is 5.41 Å². The molecule has 2 aromatic rings. The molecule has 0 atom stereocenters. The van der Waals surface area contributed by atoms with Crippen LogP contribution >= 0.6 is 0 Å². The van der Waals surface area contributed by atoms with Crippen LogP contribution in [0.3, 0.4) is 0 Å². The highest BCUT2D eigenvalue weighted by Crippen LogP contribution is 2.20. The van der Waals surface area contributed by atoms with Crippen molar-refractivity contribution in [2.75, 3.05) is 6.54 Å². The van der Waals surface area contributed by atoms with Gasteiger partial charge in [-0.1, -0.05) is 51.1 Å². The maximum absolute atomic E-state index is 4.15. The van der Waals surface area contributed by atoms with Crippen molar-refractivity contribution in [2.45, 2.75) is 27.3 Å². The van der Waals surface area contributed by atoms with Crippen molar-refractivity contribution < 1.29 is 0 Å². The zero-order chi connectivity index (χ0) is 13.0. The van der Waals surface area contributed by atoms with Crippen LogP contribution in [-0.4, -0.2) is 16.7 Å². The first-order valence-electron chi connectivity index (χ1n) is 6.35. The summed E-state index contributed by atoms with van der Waals surface area (Å²) in [5.41, 5.74) is 3.81. The van der Waals surface area contributed by atoms with E-state index >= 15 is 0 Å². The fourth-order valence-electron chi connectivity index (χ4n) is 1.87. The van der Waals surface area contributed by atoms with Gasteiger partial charge in [-0.05, 0) is 11.0 Å². The highest BCUT2D eigenvalue weighted by molar-refractivity contribution is 5.62. The zero-order valence-electron chi connectivity index (χ0n) is 11.3. The first-order valence-corrected chi connectivity index (χ1v) is 6.35. The molecule has 0 saturated heterocycles. The molecule has 1 aromatic carbocycles. The molecule has 2 rings (SSSR count). The van der Waals surface area contributed by atoms with Crippen molar-refractivity contribution in [1.29, 1.82) is 0 Å². The van der Waals surface area contributed by atoms with Gasteiger partial charge in [-0.3, -0.25) is 5.10 Å². The number of aromatic amines is 1. The topological polar surface area (TPSA) is 40.7 Å². The van der Waals surface area contributed by atoms with Crippen LogP contribution < -0.4 is 5.32 Å². The lowest BCUT2D eigenvalue weighted by Crippen LogP contribution is -2.26. The minimum Gasteiger partial charge on any atom is -0.312 e. The Bertz CT molecular complexity index is 480. The summed E-state index contributed by atoms with van der Waals surface area (Å²) in [7, 11) is 0. The first kappa shape index (κ1) is 12.8. The second kappa shape index (κ2) is 5.36. The van der Waals surface area contributed by atoms with Gasteiger partial charge in [0.05, 0.1) is 11.9 Å². The van der Waals surface area contributed by atoms with Crippen molar-refractivity contribution in [3.05, 3.63) is 42.1 Å². The van der Waals surface area contributed by atoms with Gasteiger partial charge in [0.15, 0.2) is 0 Å². The van der Waals surface area contributed by atoms with E-state index in [-0.39, 0.29) is 0 Å². The molecule has 0 aliphatic carbocycles. The van der Waals surface area contributed by atoms with E-state index in [1.807, 2.05) is 24.4 Å². The number of hydrogen-bond donors (Lipinski definition) is 2. The summed E-state index contributed by atoms with van der Waals surface area (Å²) in [5, 5.41) is 10.7. The van der Waals surface area contributed by atoms with Crippen LogP contribution in [0.1, 0.15) is 26.3 Å². The third kappa shape index (κ3) is 3.44. The summed E-state index contributed by atoms with van der Waals surface area (Å²) in [6.45, 7) is 8.53. The Kier molecular flexibility index (Phi) is 3.82. The molecule has 1 heterocycles. The number of aromatic nitrogens is 2. The molecule has 96 valence electrons. The van der Waals surface area contributed by atoms with Gasteiger partial charge < -0.3 is 5.32 Å². The highest BCUT2D eigenvalue weighted by atomic mass is 15.1. The lowest BCUT2D eigenvalue weighted by atomic mass is 9.97. The Morgan fingerprint density at radius 1 is 1.17 bits per heavy atom. The Balaban J connectivity index is 2.05. The number of hydrogen-bond acceptors (Lipinski definition) is 2. The van der Waals surface area contributed by atoms with Crippen LogP contribution in [0, 0.1) is 5.41 Å². The maximum atomic E-state index is 4.15. The molecule has 0 unspecified atom stereocenters. The van der Waals surface area contributed by atoms with E-state index in [0.29, 0.717) is 5.41 Å². The SMILES string of the molecule is CC(C)(C)CNCc1cn[nH]c1-c1ccccc1. The van der Waals surface area contributed by atoms with Crippen LogP contribution in [0.2, 0.25) is 0 Å². The number of H-pyrrole nitrogens is 1. The summed E-state index contributed by atoms with van der Waals surface area (Å²) >= 11 is 0. The van der Waals surface area contributed by atoms with Crippen molar-refractivity contribution >= 4 is 0 Å². The molecular weight excluding hydrogens is 222 g/mol. The van der Waals surface area contributed by atoms with Crippen LogP contribution in [-0.2, 0) is 6.54 Å². The van der Waals surface area contributed by atoms with E-state index in [1.54, 1.807) is 0 Å². The molecule has 0 fully saturated rings. The summed E-state index contributed by atoms with van der Waals surface area (Å²) < 4.78 is 0. The molecule has 3 heteroatoms. The molecule has 0 spiro atoms. The largest absolute Gasteiger partial charge is 0.312 e. The third-order valence-electron chi connectivity index (χ3n) is 2.75. The number of nitrogens with one attached hydrogen (secondary N) is 2. The van der Waals surface area contributed by atoms with Gasteiger partial charge in [0, 0.05) is 18.7 Å². The van der Waals surface area contributed by atoms with Gasteiger partial charge in [0.1, 0.15) is 0 Å². The fourth-order valence-corrected chi connectivity index (χ4v) is 1.87. The van der Waals surface area contributed by atoms with Gasteiger partial charge >= 0.3 is 0 Å². The summed E-state index contributed by atoms with van der Waals surface area (Å²) in [5.74, 6) is 0. The lowest BCUT2D eigenvalue weighted by molar-refractivity contribution is 0.379. The van der Waals surface area contributed by atoms with E-state index in [9.17, 15) is 0 Å². The Hall–Kier alpha value is -1.61. The second-order valence-electron chi connectivity index (χ2n) is 5.80. The average Bonchev–Trinajstić information content (AvgIpc) is 2.77. The van der Waals surface area contributed by atoms with Crippen LogP contribution in [0.4, 0.5) is 0 Å². The standard InChI is InChI=1S/C15H21N3/c1-15(2,3)11-16-9-13-10-17-18-14(13)12-7-5-4-6-8-12/h4-8,10,16H,9,11H2,1-3H3,(H,17,18). The summed E-state index contributed by atoms with van der Waals surface area (Å²) in [6, 6.07) is 10.3. The van der Waals surface area contributed by atoms with Crippen molar-refractivity contribution in [3.63, 3.8) is 0 Å². The quantitative estimate of drug-likeness (QED) is 0.865. The Morgan fingerprint density at radius 3 is 2.56 bits per heavy atom. The lowest BCUT2D eigenvalue weighted by Gasteiger charge is -2.18. The van der Waals surface area contributed by atoms with Gasteiger partial charge in [0.2, 0.25) is 0 Å². The van der Waals surface area contributed by atoms with Crippen LogP contribution in [0.5, 0.6) is 0 Å². The molecule has 1 aromatic heterocycles. The second-order valence-corrected chi connectivity index (χ2v) is 5.80. The predicted octanol–water partition coefficient (Wildman–Crippen LogP) is 3.21. The summed E-state index contributed by atoms with van der Waals surface area (Å²) in [4.78, 5) is 0. The molecule has 0 saturated carbocycles. The normalized spacial score (nSPS) is 11.7. The predicted molar refractivity (Wildman–Crippen MR) is 75.2 cm³/mol. The van der Waals surface area contributed by atoms with Crippen molar-refractivity contribution in [3.8, 4) is 11.3 Å². The molecule has 0 bridgehead atoms. The van der Waals surface area contributed by atoms with Gasteiger partial charge in [-0.15, -0.1) is 0 Å². The van der Waals surface area contributed by atoms with Gasteiger partial charge in [0.25, 0.3) is 0 Å². The molecular formula is C15H21N3. The Morgan fingerprint density at radius 2 is 1.89 bits per heavy atom.